The lowest BCUT2D eigenvalue weighted by molar-refractivity contribution is 0.0980. The fourth-order valence-electron chi connectivity index (χ4n) is 1.23. The molecular formula is C11H10O3. The van der Waals surface area contributed by atoms with Crippen LogP contribution in [0, 0.1) is 0 Å². The SMILES string of the molecule is CC(=O)c1ccc(C=O)cc1C(C)=O. The van der Waals surface area contributed by atoms with E-state index in [0.29, 0.717) is 23.0 Å². The molecule has 0 atom stereocenters. The Morgan fingerprint density at radius 3 is 2.07 bits per heavy atom. The first kappa shape index (κ1) is 10.3. The van der Waals surface area contributed by atoms with E-state index >= 15 is 0 Å². The van der Waals surface area contributed by atoms with E-state index in [1.807, 2.05) is 0 Å². The molecule has 72 valence electrons. The quantitative estimate of drug-likeness (QED) is 0.540. The Morgan fingerprint density at radius 2 is 1.64 bits per heavy atom. The van der Waals surface area contributed by atoms with E-state index in [1.54, 1.807) is 0 Å². The molecule has 0 heterocycles. The Labute approximate surface area is 81.7 Å². The van der Waals surface area contributed by atoms with Crippen molar-refractivity contribution in [2.45, 2.75) is 13.8 Å². The Balaban J connectivity index is 3.38. The summed E-state index contributed by atoms with van der Waals surface area (Å²) in [5, 5.41) is 0. The lowest BCUT2D eigenvalue weighted by atomic mass is 9.99. The minimum Gasteiger partial charge on any atom is -0.298 e. The number of carbonyl (C=O) groups excluding carboxylic acids is 3. The van der Waals surface area contributed by atoms with Gasteiger partial charge >= 0.3 is 0 Å². The predicted octanol–water partition coefficient (Wildman–Crippen LogP) is 1.90. The van der Waals surface area contributed by atoms with Crippen molar-refractivity contribution >= 4 is 17.9 Å². The zero-order valence-electron chi connectivity index (χ0n) is 8.03. The van der Waals surface area contributed by atoms with Crippen LogP contribution in [0.5, 0.6) is 0 Å². The van der Waals surface area contributed by atoms with Crippen molar-refractivity contribution in [1.29, 1.82) is 0 Å². The molecule has 0 saturated carbocycles. The fourth-order valence-corrected chi connectivity index (χ4v) is 1.23. The maximum absolute atomic E-state index is 11.2. The van der Waals surface area contributed by atoms with Crippen molar-refractivity contribution in [3.05, 3.63) is 34.9 Å². The molecule has 1 aromatic rings. The molecule has 0 aliphatic rings. The second-order valence-electron chi connectivity index (χ2n) is 3.04. The van der Waals surface area contributed by atoms with Crippen molar-refractivity contribution in [3.63, 3.8) is 0 Å². The van der Waals surface area contributed by atoms with Gasteiger partial charge < -0.3 is 0 Å². The third-order valence-corrected chi connectivity index (χ3v) is 1.94. The highest BCUT2D eigenvalue weighted by molar-refractivity contribution is 6.08. The summed E-state index contributed by atoms with van der Waals surface area (Å²) in [5.41, 5.74) is 1.07. The first-order chi connectivity index (χ1) is 6.56. The van der Waals surface area contributed by atoms with Gasteiger partial charge in [0.25, 0.3) is 0 Å². The first-order valence-electron chi connectivity index (χ1n) is 4.17. The van der Waals surface area contributed by atoms with Crippen LogP contribution in [0.1, 0.15) is 44.9 Å². The highest BCUT2D eigenvalue weighted by Gasteiger charge is 2.11. The monoisotopic (exact) mass is 190 g/mol. The summed E-state index contributed by atoms with van der Waals surface area (Å²) in [4.78, 5) is 32.8. The molecule has 0 fully saturated rings. The van der Waals surface area contributed by atoms with Gasteiger partial charge in [-0.1, -0.05) is 6.07 Å². The van der Waals surface area contributed by atoms with Crippen molar-refractivity contribution < 1.29 is 14.4 Å². The van der Waals surface area contributed by atoms with Crippen LogP contribution in [0.3, 0.4) is 0 Å². The molecule has 0 spiro atoms. The zero-order valence-corrected chi connectivity index (χ0v) is 8.03. The summed E-state index contributed by atoms with van der Waals surface area (Å²) in [7, 11) is 0. The standard InChI is InChI=1S/C11H10O3/c1-7(13)10-4-3-9(6-12)5-11(10)8(2)14/h3-6H,1-2H3. The molecule has 1 aromatic carbocycles. The average Bonchev–Trinajstić information content (AvgIpc) is 2.16. The molecule has 0 unspecified atom stereocenters. The van der Waals surface area contributed by atoms with Gasteiger partial charge in [-0.2, -0.15) is 0 Å². The molecule has 3 nitrogen and oxygen atoms in total. The van der Waals surface area contributed by atoms with Crippen molar-refractivity contribution in [1.82, 2.24) is 0 Å². The predicted molar refractivity (Wildman–Crippen MR) is 51.8 cm³/mol. The molecule has 3 heteroatoms. The molecule has 0 saturated heterocycles. The van der Waals surface area contributed by atoms with Gasteiger partial charge in [-0.3, -0.25) is 14.4 Å². The summed E-state index contributed by atoms with van der Waals surface area (Å²) < 4.78 is 0. The third-order valence-electron chi connectivity index (χ3n) is 1.94. The first-order valence-corrected chi connectivity index (χ1v) is 4.17. The second kappa shape index (κ2) is 3.96. The molecular weight excluding hydrogens is 180 g/mol. The number of benzene rings is 1. The minimum atomic E-state index is -0.209. The molecule has 0 N–H and O–H groups in total. The minimum absolute atomic E-state index is 0.173. The van der Waals surface area contributed by atoms with Gasteiger partial charge in [-0.15, -0.1) is 0 Å². The van der Waals surface area contributed by atoms with E-state index in [0.717, 1.165) is 0 Å². The lowest BCUT2D eigenvalue weighted by Gasteiger charge is -2.03. The highest BCUT2D eigenvalue weighted by Crippen LogP contribution is 2.12. The van der Waals surface area contributed by atoms with Crippen LogP contribution in [0.15, 0.2) is 18.2 Å². The summed E-state index contributed by atoms with van der Waals surface area (Å²) >= 11 is 0. The number of carbonyl (C=O) groups is 3. The van der Waals surface area contributed by atoms with Crippen molar-refractivity contribution in [2.75, 3.05) is 0 Å². The maximum Gasteiger partial charge on any atom is 0.160 e. The van der Waals surface area contributed by atoms with Gasteiger partial charge in [0.15, 0.2) is 11.6 Å². The Hall–Kier alpha value is -1.77. The van der Waals surface area contributed by atoms with E-state index in [-0.39, 0.29) is 11.6 Å². The van der Waals surface area contributed by atoms with E-state index in [1.165, 1.54) is 32.0 Å². The van der Waals surface area contributed by atoms with E-state index in [2.05, 4.69) is 0 Å². The molecule has 1 rings (SSSR count). The number of aldehydes is 1. The van der Waals surface area contributed by atoms with Crippen LogP contribution in [0.4, 0.5) is 0 Å². The molecule has 0 amide bonds. The number of Topliss-reactive ketones (excluding diaryl/α,β-unsaturated/α-hetero) is 2. The van der Waals surface area contributed by atoms with Gasteiger partial charge in [0.2, 0.25) is 0 Å². The smallest absolute Gasteiger partial charge is 0.160 e. The summed E-state index contributed by atoms with van der Waals surface area (Å²) in [6, 6.07) is 4.46. The molecule has 0 bridgehead atoms. The summed E-state index contributed by atoms with van der Waals surface area (Å²) in [6.45, 7) is 2.76. The maximum atomic E-state index is 11.2. The van der Waals surface area contributed by atoms with Gasteiger partial charge in [-0.05, 0) is 26.0 Å². The van der Waals surface area contributed by atoms with Crippen LogP contribution in [-0.2, 0) is 0 Å². The Kier molecular flexibility index (Phi) is 2.92. The Bertz CT molecular complexity index is 405. The van der Waals surface area contributed by atoms with E-state index < -0.39 is 0 Å². The van der Waals surface area contributed by atoms with Crippen LogP contribution < -0.4 is 0 Å². The number of hydrogen-bond acceptors (Lipinski definition) is 3. The number of rotatable bonds is 3. The molecule has 0 aliphatic carbocycles. The molecule has 0 aliphatic heterocycles. The topological polar surface area (TPSA) is 51.2 Å². The van der Waals surface area contributed by atoms with Crippen molar-refractivity contribution in [3.8, 4) is 0 Å². The number of hydrogen-bond donors (Lipinski definition) is 0. The second-order valence-corrected chi connectivity index (χ2v) is 3.04. The molecule has 14 heavy (non-hydrogen) atoms. The zero-order chi connectivity index (χ0) is 10.7. The number of ketones is 2. The van der Waals surface area contributed by atoms with E-state index in [9.17, 15) is 14.4 Å². The van der Waals surface area contributed by atoms with Gasteiger partial charge in [-0.25, -0.2) is 0 Å². The lowest BCUT2D eigenvalue weighted by Crippen LogP contribution is -2.04. The van der Waals surface area contributed by atoms with Crippen LogP contribution in [-0.4, -0.2) is 17.9 Å². The van der Waals surface area contributed by atoms with Gasteiger partial charge in [0.05, 0.1) is 0 Å². The Morgan fingerprint density at radius 1 is 1.07 bits per heavy atom. The highest BCUT2D eigenvalue weighted by atomic mass is 16.1. The average molecular weight is 190 g/mol. The summed E-state index contributed by atoms with van der Waals surface area (Å²) in [5.74, 6) is -0.383. The fraction of sp³-hybridized carbons (Fsp3) is 0.182. The van der Waals surface area contributed by atoms with Crippen LogP contribution in [0.2, 0.25) is 0 Å². The third kappa shape index (κ3) is 1.93. The van der Waals surface area contributed by atoms with Gasteiger partial charge in [0.1, 0.15) is 6.29 Å². The van der Waals surface area contributed by atoms with Crippen LogP contribution in [0.25, 0.3) is 0 Å². The molecule has 0 aromatic heterocycles. The normalized spacial score (nSPS) is 9.57. The van der Waals surface area contributed by atoms with E-state index in [4.69, 9.17) is 0 Å². The largest absolute Gasteiger partial charge is 0.298 e. The summed E-state index contributed by atoms with van der Waals surface area (Å²) in [6.07, 6.45) is 0.649. The molecule has 0 radical (unpaired) electrons. The van der Waals surface area contributed by atoms with Crippen LogP contribution >= 0.6 is 0 Å². The van der Waals surface area contributed by atoms with Crippen molar-refractivity contribution in [2.24, 2.45) is 0 Å². The van der Waals surface area contributed by atoms with Gasteiger partial charge in [0, 0.05) is 16.7 Å².